The van der Waals surface area contributed by atoms with Crippen LogP contribution < -0.4 is 15.3 Å². The molecular weight excluding hydrogens is 326 g/mol. The molecule has 1 aliphatic heterocycles. The van der Waals surface area contributed by atoms with Crippen LogP contribution in [0.3, 0.4) is 0 Å². The van der Waals surface area contributed by atoms with Gasteiger partial charge in [-0.2, -0.15) is 0 Å². The van der Waals surface area contributed by atoms with Crippen LogP contribution in [0, 0.1) is 13.8 Å². The normalized spacial score (nSPS) is 13.8. The molecule has 4 rings (SSSR count). The average Bonchev–Trinajstić information content (AvgIpc) is 2.60. The Morgan fingerprint density at radius 3 is 2.65 bits per heavy atom. The highest BCUT2D eigenvalue weighted by atomic mass is 16.5. The smallest absolute Gasteiger partial charge is 0.336 e. The summed E-state index contributed by atoms with van der Waals surface area (Å²) in [5, 5.41) is 0.961. The van der Waals surface area contributed by atoms with E-state index >= 15 is 0 Å². The third kappa shape index (κ3) is 2.66. The number of anilines is 1. The molecule has 26 heavy (non-hydrogen) atoms. The minimum Gasteiger partial charge on any atom is -0.473 e. The first-order valence-electron chi connectivity index (χ1n) is 8.99. The van der Waals surface area contributed by atoms with Crippen LogP contribution in [0.5, 0.6) is 5.75 Å². The molecule has 4 nitrogen and oxygen atoms in total. The highest BCUT2D eigenvalue weighted by Crippen LogP contribution is 2.38. The monoisotopic (exact) mass is 349 g/mol. The second-order valence-corrected chi connectivity index (χ2v) is 7.31. The van der Waals surface area contributed by atoms with Gasteiger partial charge in [-0.25, -0.2) is 4.79 Å². The molecule has 0 saturated carbocycles. The van der Waals surface area contributed by atoms with Gasteiger partial charge in [0.15, 0.2) is 6.73 Å². The number of ether oxygens (including phenoxy) is 1. The van der Waals surface area contributed by atoms with Crippen LogP contribution >= 0.6 is 0 Å². The van der Waals surface area contributed by atoms with Gasteiger partial charge in [0.1, 0.15) is 11.3 Å². The van der Waals surface area contributed by atoms with Crippen molar-refractivity contribution in [2.24, 2.45) is 0 Å². The van der Waals surface area contributed by atoms with Crippen molar-refractivity contribution in [3.05, 3.63) is 69.1 Å². The molecule has 1 aromatic heterocycles. The summed E-state index contributed by atoms with van der Waals surface area (Å²) >= 11 is 0. The molecule has 0 fully saturated rings. The molecule has 0 unspecified atom stereocenters. The van der Waals surface area contributed by atoms with Gasteiger partial charge in [0.25, 0.3) is 0 Å². The van der Waals surface area contributed by atoms with E-state index in [1.54, 1.807) is 0 Å². The highest BCUT2D eigenvalue weighted by Gasteiger charge is 2.25. The Balaban J connectivity index is 1.87. The fourth-order valence-corrected chi connectivity index (χ4v) is 3.81. The molecule has 2 heterocycles. The summed E-state index contributed by atoms with van der Waals surface area (Å²) in [5.74, 6) is 1.21. The van der Waals surface area contributed by atoms with Crippen LogP contribution in [0.2, 0.25) is 0 Å². The lowest BCUT2D eigenvalue weighted by Crippen LogP contribution is -2.33. The van der Waals surface area contributed by atoms with E-state index in [0.29, 0.717) is 24.8 Å². The molecule has 3 aromatic rings. The molecule has 4 heteroatoms. The molecule has 0 atom stereocenters. The quantitative estimate of drug-likeness (QED) is 0.618. The molecule has 134 valence electrons. The lowest BCUT2D eigenvalue weighted by molar-refractivity contribution is 0.288. The van der Waals surface area contributed by atoms with Crippen molar-refractivity contribution in [1.82, 2.24) is 0 Å². The van der Waals surface area contributed by atoms with Crippen LogP contribution in [0.15, 0.2) is 45.6 Å². The van der Waals surface area contributed by atoms with E-state index in [-0.39, 0.29) is 5.63 Å². The van der Waals surface area contributed by atoms with Crippen molar-refractivity contribution in [2.75, 3.05) is 11.6 Å². The standard InChI is InChI=1S/C22H23NO3/c1-13(2)16-7-5-6-14(3)21(16)23-11-18-19(25-12-23)9-8-17-15(4)10-20(24)26-22(17)18/h5-10,13H,11-12H2,1-4H3. The van der Waals surface area contributed by atoms with Crippen LogP contribution in [0.25, 0.3) is 11.0 Å². The van der Waals surface area contributed by atoms with E-state index in [4.69, 9.17) is 9.15 Å². The second kappa shape index (κ2) is 6.20. The maximum absolute atomic E-state index is 11.9. The minimum atomic E-state index is -0.320. The summed E-state index contributed by atoms with van der Waals surface area (Å²) in [5.41, 5.74) is 5.91. The zero-order valence-electron chi connectivity index (χ0n) is 15.6. The van der Waals surface area contributed by atoms with E-state index in [9.17, 15) is 4.79 Å². The zero-order chi connectivity index (χ0) is 18.4. The van der Waals surface area contributed by atoms with Gasteiger partial charge in [0.05, 0.1) is 12.1 Å². The molecule has 0 radical (unpaired) electrons. The number of nitrogens with zero attached hydrogens (tertiary/aromatic N) is 1. The van der Waals surface area contributed by atoms with E-state index in [1.807, 2.05) is 19.1 Å². The fourth-order valence-electron chi connectivity index (χ4n) is 3.81. The predicted molar refractivity (Wildman–Crippen MR) is 104 cm³/mol. The summed E-state index contributed by atoms with van der Waals surface area (Å²) in [7, 11) is 0. The van der Waals surface area contributed by atoms with E-state index < -0.39 is 0 Å². The van der Waals surface area contributed by atoms with Gasteiger partial charge in [-0.15, -0.1) is 0 Å². The van der Waals surface area contributed by atoms with Crippen molar-refractivity contribution in [3.8, 4) is 5.75 Å². The summed E-state index contributed by atoms with van der Waals surface area (Å²) in [4.78, 5) is 14.1. The van der Waals surface area contributed by atoms with E-state index in [1.165, 1.54) is 22.9 Å². The van der Waals surface area contributed by atoms with Crippen LogP contribution in [0.4, 0.5) is 5.69 Å². The second-order valence-electron chi connectivity index (χ2n) is 7.31. The Morgan fingerprint density at radius 1 is 1.08 bits per heavy atom. The van der Waals surface area contributed by atoms with Gasteiger partial charge in [0.2, 0.25) is 0 Å². The van der Waals surface area contributed by atoms with Crippen molar-refractivity contribution >= 4 is 16.7 Å². The summed E-state index contributed by atoms with van der Waals surface area (Å²) in [6, 6.07) is 11.9. The largest absolute Gasteiger partial charge is 0.473 e. The maximum atomic E-state index is 11.9. The Labute approximate surface area is 153 Å². The first-order valence-corrected chi connectivity index (χ1v) is 8.99. The number of rotatable bonds is 2. The number of aryl methyl sites for hydroxylation is 2. The van der Waals surface area contributed by atoms with Crippen LogP contribution in [-0.2, 0) is 6.54 Å². The summed E-state index contributed by atoms with van der Waals surface area (Å²) in [6.45, 7) is 9.61. The van der Waals surface area contributed by atoms with Gasteiger partial charge >= 0.3 is 5.63 Å². The number of para-hydroxylation sites is 1. The fraction of sp³-hybridized carbons (Fsp3) is 0.318. The third-order valence-corrected chi connectivity index (χ3v) is 5.11. The van der Waals surface area contributed by atoms with Crippen molar-refractivity contribution in [1.29, 1.82) is 0 Å². The molecule has 0 bridgehead atoms. The van der Waals surface area contributed by atoms with Gasteiger partial charge in [-0.1, -0.05) is 32.0 Å². The van der Waals surface area contributed by atoms with Gasteiger partial charge < -0.3 is 14.1 Å². The summed E-state index contributed by atoms with van der Waals surface area (Å²) < 4.78 is 11.6. The molecule has 0 spiro atoms. The highest BCUT2D eigenvalue weighted by molar-refractivity contribution is 5.85. The van der Waals surface area contributed by atoms with E-state index in [0.717, 1.165) is 22.3 Å². The van der Waals surface area contributed by atoms with Gasteiger partial charge in [-0.05, 0) is 48.6 Å². The van der Waals surface area contributed by atoms with Gasteiger partial charge in [-0.3, -0.25) is 0 Å². The Hall–Kier alpha value is -2.75. The molecule has 0 aliphatic carbocycles. The molecule has 0 amide bonds. The molecular formula is C22H23NO3. The van der Waals surface area contributed by atoms with E-state index in [2.05, 4.69) is 43.9 Å². The van der Waals surface area contributed by atoms with Crippen molar-refractivity contribution in [3.63, 3.8) is 0 Å². The summed E-state index contributed by atoms with van der Waals surface area (Å²) in [6.07, 6.45) is 0. The average molecular weight is 349 g/mol. The van der Waals surface area contributed by atoms with Gasteiger partial charge in [0, 0.05) is 17.1 Å². The number of hydrogen-bond donors (Lipinski definition) is 0. The molecule has 2 aromatic carbocycles. The first-order chi connectivity index (χ1) is 12.5. The molecule has 0 N–H and O–H groups in total. The SMILES string of the molecule is Cc1cccc(C(C)C)c1N1COc2ccc3c(C)cc(=O)oc3c2C1. The lowest BCUT2D eigenvalue weighted by Gasteiger charge is -2.34. The number of fused-ring (bicyclic) bond motifs is 3. The Morgan fingerprint density at radius 2 is 1.88 bits per heavy atom. The Bertz CT molecular complexity index is 1050. The lowest BCUT2D eigenvalue weighted by atomic mass is 9.96. The van der Waals surface area contributed by atoms with Crippen LogP contribution in [0.1, 0.15) is 42.0 Å². The third-order valence-electron chi connectivity index (χ3n) is 5.11. The first kappa shape index (κ1) is 16.7. The topological polar surface area (TPSA) is 42.7 Å². The zero-order valence-corrected chi connectivity index (χ0v) is 15.6. The number of benzene rings is 2. The predicted octanol–water partition coefficient (Wildman–Crippen LogP) is 4.89. The Kier molecular flexibility index (Phi) is 3.98. The van der Waals surface area contributed by atoms with Crippen molar-refractivity contribution < 1.29 is 9.15 Å². The maximum Gasteiger partial charge on any atom is 0.336 e. The number of hydrogen-bond acceptors (Lipinski definition) is 4. The molecule has 1 aliphatic rings. The van der Waals surface area contributed by atoms with Crippen molar-refractivity contribution in [2.45, 2.75) is 40.2 Å². The van der Waals surface area contributed by atoms with Crippen LogP contribution in [-0.4, -0.2) is 6.73 Å². The molecule has 0 saturated heterocycles. The minimum absolute atomic E-state index is 0.320.